The first-order chi connectivity index (χ1) is 13.6. The highest BCUT2D eigenvalue weighted by atomic mass is 32.1. The van der Waals surface area contributed by atoms with Crippen LogP contribution in [0.2, 0.25) is 0 Å². The lowest BCUT2D eigenvalue weighted by molar-refractivity contribution is -0.384. The predicted molar refractivity (Wildman–Crippen MR) is 99.6 cm³/mol. The van der Waals surface area contributed by atoms with Crippen molar-refractivity contribution in [2.24, 2.45) is 0 Å². The molecule has 11 nitrogen and oxygen atoms in total. The first kappa shape index (κ1) is 16.3. The fraction of sp³-hybridized carbons (Fsp3) is 0.0625. The number of tetrazole rings is 1. The molecule has 12 heteroatoms. The number of nitrogens with one attached hydrogen (secondary N) is 2. The van der Waals surface area contributed by atoms with Gasteiger partial charge >= 0.3 is 0 Å². The summed E-state index contributed by atoms with van der Waals surface area (Å²) in [5.41, 5.74) is 1.22. The van der Waals surface area contributed by atoms with Crippen LogP contribution in [-0.2, 0) is 0 Å². The molecule has 0 fully saturated rings. The van der Waals surface area contributed by atoms with Crippen LogP contribution in [0.25, 0.3) is 11.3 Å². The average Bonchev–Trinajstić information content (AvgIpc) is 3.39. The highest BCUT2D eigenvalue weighted by Gasteiger charge is 2.35. The molecule has 138 valence electrons. The molecule has 1 atom stereocenters. The molecule has 1 aliphatic heterocycles. The summed E-state index contributed by atoms with van der Waals surface area (Å²) in [7, 11) is 0. The third-order valence-electron chi connectivity index (χ3n) is 4.41. The molecule has 5 rings (SSSR count). The Labute approximate surface area is 159 Å². The van der Waals surface area contributed by atoms with Gasteiger partial charge in [0.25, 0.3) is 11.2 Å². The molecule has 2 N–H and O–H groups in total. The van der Waals surface area contributed by atoms with Gasteiger partial charge in [0.1, 0.15) is 11.7 Å². The zero-order valence-electron chi connectivity index (χ0n) is 13.9. The summed E-state index contributed by atoms with van der Waals surface area (Å²) in [5.74, 6) is 0.326. The molecule has 0 radical (unpaired) electrons. The molecule has 0 saturated carbocycles. The number of anilines is 2. The Bertz CT molecular complexity index is 1260. The van der Waals surface area contributed by atoms with Gasteiger partial charge in [0, 0.05) is 28.1 Å². The van der Waals surface area contributed by atoms with Crippen molar-refractivity contribution in [2.45, 2.75) is 6.04 Å². The number of thiophene rings is 1. The highest BCUT2D eigenvalue weighted by Crippen LogP contribution is 2.42. The molecular weight excluding hydrogens is 384 g/mol. The maximum Gasteiger partial charge on any atom is 0.288 e. The SMILES string of the molecule is O=c1[nH]nc(-c2cccc([N+](=O)[O-])c2)c2c1Nc1nnnn1[C@@H]2c1cccs1. The van der Waals surface area contributed by atoms with Crippen molar-refractivity contribution in [1.29, 1.82) is 0 Å². The van der Waals surface area contributed by atoms with E-state index < -0.39 is 16.5 Å². The van der Waals surface area contributed by atoms with Crippen molar-refractivity contribution < 1.29 is 4.92 Å². The summed E-state index contributed by atoms with van der Waals surface area (Å²) < 4.78 is 1.57. The number of hydrogen-bond donors (Lipinski definition) is 2. The first-order valence-corrected chi connectivity index (χ1v) is 8.97. The third-order valence-corrected chi connectivity index (χ3v) is 5.34. The summed E-state index contributed by atoms with van der Waals surface area (Å²) in [6.45, 7) is 0. The number of nitro benzene ring substituents is 1. The largest absolute Gasteiger partial charge is 0.318 e. The van der Waals surface area contributed by atoms with Crippen molar-refractivity contribution in [3.8, 4) is 11.3 Å². The quantitative estimate of drug-likeness (QED) is 0.349. The number of nitrogens with zero attached hydrogens (tertiary/aromatic N) is 6. The Balaban J connectivity index is 1.81. The van der Waals surface area contributed by atoms with Gasteiger partial charge in [-0.3, -0.25) is 14.9 Å². The van der Waals surface area contributed by atoms with Crippen molar-refractivity contribution >= 4 is 28.7 Å². The second kappa shape index (κ2) is 6.06. The van der Waals surface area contributed by atoms with Crippen LogP contribution in [-0.4, -0.2) is 35.3 Å². The Hall–Kier alpha value is -3.93. The Kier molecular flexibility index (Phi) is 3.52. The molecule has 28 heavy (non-hydrogen) atoms. The van der Waals surface area contributed by atoms with Crippen LogP contribution in [0.5, 0.6) is 0 Å². The lowest BCUT2D eigenvalue weighted by atomic mass is 9.96. The zero-order chi connectivity index (χ0) is 19.3. The van der Waals surface area contributed by atoms with Gasteiger partial charge in [-0.05, 0) is 21.9 Å². The number of non-ortho nitro benzene ring substituents is 1. The van der Waals surface area contributed by atoms with E-state index in [1.54, 1.807) is 16.8 Å². The van der Waals surface area contributed by atoms with Gasteiger partial charge in [0.2, 0.25) is 5.95 Å². The first-order valence-electron chi connectivity index (χ1n) is 8.09. The molecule has 0 unspecified atom stereocenters. The van der Waals surface area contributed by atoms with Gasteiger partial charge in [0.15, 0.2) is 0 Å². The number of H-pyrrole nitrogens is 1. The Morgan fingerprint density at radius 3 is 2.93 bits per heavy atom. The minimum Gasteiger partial charge on any atom is -0.318 e. The van der Waals surface area contributed by atoms with E-state index in [1.165, 1.54) is 23.5 Å². The van der Waals surface area contributed by atoms with Gasteiger partial charge in [-0.25, -0.2) is 5.10 Å². The molecule has 0 saturated heterocycles. The highest BCUT2D eigenvalue weighted by molar-refractivity contribution is 7.10. The van der Waals surface area contributed by atoms with Crippen LogP contribution in [0, 0.1) is 10.1 Å². The molecule has 0 aliphatic carbocycles. The second-order valence-electron chi connectivity index (χ2n) is 5.99. The maximum absolute atomic E-state index is 12.5. The van der Waals surface area contributed by atoms with Crippen molar-refractivity contribution in [2.75, 3.05) is 5.32 Å². The van der Waals surface area contributed by atoms with Crippen molar-refractivity contribution in [3.05, 3.63) is 72.7 Å². The molecule has 4 aromatic rings. The summed E-state index contributed by atoms with van der Waals surface area (Å²) >= 11 is 1.49. The van der Waals surface area contributed by atoms with E-state index in [-0.39, 0.29) is 11.4 Å². The van der Waals surface area contributed by atoms with Crippen molar-refractivity contribution in [1.82, 2.24) is 30.4 Å². The van der Waals surface area contributed by atoms with E-state index in [1.807, 2.05) is 17.5 Å². The van der Waals surface area contributed by atoms with E-state index in [9.17, 15) is 14.9 Å². The predicted octanol–water partition coefficient (Wildman–Crippen LogP) is 2.09. The lowest BCUT2D eigenvalue weighted by Gasteiger charge is -2.26. The van der Waals surface area contributed by atoms with E-state index in [4.69, 9.17) is 0 Å². The van der Waals surface area contributed by atoms with E-state index in [0.29, 0.717) is 22.8 Å². The number of nitro groups is 1. The topological polar surface area (TPSA) is 145 Å². The fourth-order valence-electron chi connectivity index (χ4n) is 3.23. The van der Waals surface area contributed by atoms with Crippen LogP contribution in [0.1, 0.15) is 16.5 Å². The molecule has 1 aliphatic rings. The molecule has 0 spiro atoms. The molecule has 0 amide bonds. The van der Waals surface area contributed by atoms with E-state index in [0.717, 1.165) is 4.88 Å². The van der Waals surface area contributed by atoms with E-state index in [2.05, 4.69) is 31.0 Å². The number of benzene rings is 1. The van der Waals surface area contributed by atoms with Gasteiger partial charge in [0.05, 0.1) is 10.6 Å². The van der Waals surface area contributed by atoms with Crippen LogP contribution >= 0.6 is 11.3 Å². The van der Waals surface area contributed by atoms with Crippen LogP contribution < -0.4 is 10.9 Å². The molecular formula is C16H10N8O3S. The van der Waals surface area contributed by atoms with Crippen molar-refractivity contribution in [3.63, 3.8) is 0 Å². The van der Waals surface area contributed by atoms with Crippen LogP contribution in [0.3, 0.4) is 0 Å². The summed E-state index contributed by atoms with van der Waals surface area (Å²) in [5, 5.41) is 34.4. The number of aromatic amines is 1. The second-order valence-corrected chi connectivity index (χ2v) is 6.97. The molecule has 3 aromatic heterocycles. The van der Waals surface area contributed by atoms with Crippen LogP contribution in [0.15, 0.2) is 46.6 Å². The number of aromatic nitrogens is 6. The number of rotatable bonds is 3. The Morgan fingerprint density at radius 1 is 1.25 bits per heavy atom. The number of fused-ring (bicyclic) bond motifs is 2. The van der Waals surface area contributed by atoms with E-state index >= 15 is 0 Å². The lowest BCUT2D eigenvalue weighted by Crippen LogP contribution is -2.28. The minimum absolute atomic E-state index is 0.0706. The monoisotopic (exact) mass is 394 g/mol. The summed E-state index contributed by atoms with van der Waals surface area (Å²) in [6.07, 6.45) is 0. The third kappa shape index (κ3) is 2.39. The minimum atomic E-state index is -0.495. The zero-order valence-corrected chi connectivity index (χ0v) is 14.8. The summed E-state index contributed by atoms with van der Waals surface area (Å²) in [6, 6.07) is 9.40. The van der Waals surface area contributed by atoms with Gasteiger partial charge < -0.3 is 5.32 Å². The van der Waals surface area contributed by atoms with Crippen LogP contribution in [0.4, 0.5) is 17.3 Å². The average molecular weight is 394 g/mol. The standard InChI is InChI=1S/C16H10N8O3S/c25-15-13-11(12(18-19-15)8-3-1-4-9(7-8)24(26)27)14(10-5-2-6-28-10)23-16(17-13)20-21-22-23/h1-7,14H,(H,19,25)(H,17,20,22)/t14-/m1/s1. The smallest absolute Gasteiger partial charge is 0.288 e. The summed E-state index contributed by atoms with van der Waals surface area (Å²) in [4.78, 5) is 24.1. The van der Waals surface area contributed by atoms with Gasteiger partial charge in [-0.1, -0.05) is 23.3 Å². The normalized spacial score (nSPS) is 14.8. The number of hydrogen-bond acceptors (Lipinski definition) is 9. The fourth-order valence-corrected chi connectivity index (χ4v) is 4.05. The maximum atomic E-state index is 12.5. The van der Waals surface area contributed by atoms with Gasteiger partial charge in [-0.2, -0.15) is 9.78 Å². The molecule has 0 bridgehead atoms. The van der Waals surface area contributed by atoms with Gasteiger partial charge in [-0.15, -0.1) is 11.3 Å². The molecule has 1 aromatic carbocycles. The Morgan fingerprint density at radius 2 is 2.14 bits per heavy atom. The molecule has 4 heterocycles.